The van der Waals surface area contributed by atoms with Crippen molar-refractivity contribution < 1.29 is 19.4 Å². The molecule has 0 atom stereocenters. The van der Waals surface area contributed by atoms with E-state index in [2.05, 4.69) is 10.3 Å². The number of hydrogen-bond acceptors (Lipinski definition) is 4. The number of anilines is 1. The van der Waals surface area contributed by atoms with Crippen LogP contribution in [-0.4, -0.2) is 28.1 Å². The third-order valence-electron chi connectivity index (χ3n) is 3.40. The molecule has 2 rings (SSSR count). The summed E-state index contributed by atoms with van der Waals surface area (Å²) in [5.74, 6) is -0.942. The Balaban J connectivity index is 2.20. The number of amides is 1. The second-order valence-electron chi connectivity index (χ2n) is 5.79. The Kier molecular flexibility index (Phi) is 5.18. The second kappa shape index (κ2) is 7.12. The van der Waals surface area contributed by atoms with Gasteiger partial charge in [0.1, 0.15) is 0 Å². The maximum absolute atomic E-state index is 12.3. The van der Waals surface area contributed by atoms with Crippen LogP contribution in [0.3, 0.4) is 0 Å². The fourth-order valence-electron chi connectivity index (χ4n) is 2.24. The van der Waals surface area contributed by atoms with Gasteiger partial charge in [-0.15, -0.1) is 0 Å². The number of pyridine rings is 1. The molecule has 1 amide bonds. The normalized spacial score (nSPS) is 10.5. The third-order valence-corrected chi connectivity index (χ3v) is 3.40. The smallest absolute Gasteiger partial charge is 0.336 e. The van der Waals surface area contributed by atoms with Crippen molar-refractivity contribution in [1.29, 1.82) is 0 Å². The predicted molar refractivity (Wildman–Crippen MR) is 90.8 cm³/mol. The average molecular weight is 328 g/mol. The van der Waals surface area contributed by atoms with Crippen LogP contribution in [0.5, 0.6) is 5.88 Å². The average Bonchev–Trinajstić information content (AvgIpc) is 2.49. The standard InChI is InChI=1S/C18H20N2O4/c1-10(2)24-16-6-5-13(9-19-16)17(21)20-15-8-14(18(22)23)11(3)7-12(15)4/h5-10H,1-4H3,(H,20,21)(H,22,23). The van der Waals surface area contributed by atoms with Gasteiger partial charge in [0.25, 0.3) is 5.91 Å². The number of rotatable bonds is 5. The summed E-state index contributed by atoms with van der Waals surface area (Å²) in [6.07, 6.45) is 1.43. The van der Waals surface area contributed by atoms with Crippen molar-refractivity contribution in [1.82, 2.24) is 4.98 Å². The molecule has 0 radical (unpaired) electrons. The van der Waals surface area contributed by atoms with Gasteiger partial charge < -0.3 is 15.2 Å². The van der Waals surface area contributed by atoms with Gasteiger partial charge in [-0.1, -0.05) is 6.07 Å². The highest BCUT2D eigenvalue weighted by atomic mass is 16.5. The van der Waals surface area contributed by atoms with Crippen molar-refractivity contribution in [3.05, 3.63) is 52.7 Å². The number of ether oxygens (including phenoxy) is 1. The van der Waals surface area contributed by atoms with Crippen LogP contribution < -0.4 is 10.1 Å². The van der Waals surface area contributed by atoms with E-state index in [1.165, 1.54) is 12.3 Å². The first kappa shape index (κ1) is 17.5. The Morgan fingerprint density at radius 2 is 1.88 bits per heavy atom. The van der Waals surface area contributed by atoms with Crippen LogP contribution in [0.25, 0.3) is 0 Å². The molecule has 1 aromatic heterocycles. The van der Waals surface area contributed by atoms with Gasteiger partial charge in [-0.05, 0) is 51.0 Å². The number of benzene rings is 1. The quantitative estimate of drug-likeness (QED) is 0.878. The Hall–Kier alpha value is -2.89. The fourth-order valence-corrected chi connectivity index (χ4v) is 2.24. The van der Waals surface area contributed by atoms with Crippen molar-refractivity contribution in [3.63, 3.8) is 0 Å². The van der Waals surface area contributed by atoms with Gasteiger partial charge in [0.15, 0.2) is 0 Å². The lowest BCUT2D eigenvalue weighted by atomic mass is 10.0. The molecule has 0 aliphatic heterocycles. The molecule has 0 unspecified atom stereocenters. The predicted octanol–water partition coefficient (Wildman–Crippen LogP) is 3.44. The lowest BCUT2D eigenvalue weighted by Gasteiger charge is -2.12. The van der Waals surface area contributed by atoms with E-state index in [1.807, 2.05) is 20.8 Å². The number of aromatic carboxylic acids is 1. The zero-order valence-corrected chi connectivity index (χ0v) is 14.1. The summed E-state index contributed by atoms with van der Waals surface area (Å²) in [5, 5.41) is 11.9. The highest BCUT2D eigenvalue weighted by molar-refractivity contribution is 6.05. The Morgan fingerprint density at radius 1 is 1.17 bits per heavy atom. The van der Waals surface area contributed by atoms with Gasteiger partial charge >= 0.3 is 5.97 Å². The summed E-state index contributed by atoms with van der Waals surface area (Å²) in [5.41, 5.74) is 2.43. The highest BCUT2D eigenvalue weighted by Gasteiger charge is 2.14. The van der Waals surface area contributed by atoms with E-state index in [9.17, 15) is 14.7 Å². The van der Waals surface area contributed by atoms with Gasteiger partial charge in [-0.2, -0.15) is 0 Å². The number of hydrogen-bond donors (Lipinski definition) is 2. The lowest BCUT2D eigenvalue weighted by molar-refractivity contribution is 0.0695. The van der Waals surface area contributed by atoms with Gasteiger partial charge in [0.05, 0.1) is 17.2 Å². The van der Waals surface area contributed by atoms with Crippen molar-refractivity contribution in [2.24, 2.45) is 0 Å². The maximum atomic E-state index is 12.3. The minimum absolute atomic E-state index is 0.00169. The number of nitrogens with zero attached hydrogens (tertiary/aromatic N) is 1. The molecule has 2 N–H and O–H groups in total. The number of aryl methyl sites for hydroxylation is 2. The molecule has 6 nitrogen and oxygen atoms in total. The van der Waals surface area contributed by atoms with Crippen LogP contribution in [0.15, 0.2) is 30.5 Å². The molecule has 0 saturated heterocycles. The molecule has 1 heterocycles. The molecule has 24 heavy (non-hydrogen) atoms. The maximum Gasteiger partial charge on any atom is 0.336 e. The first-order chi connectivity index (χ1) is 11.3. The van der Waals surface area contributed by atoms with Crippen molar-refractivity contribution >= 4 is 17.6 Å². The van der Waals surface area contributed by atoms with Crippen LogP contribution in [0.2, 0.25) is 0 Å². The third kappa shape index (κ3) is 4.10. The molecular weight excluding hydrogens is 308 g/mol. The van der Waals surface area contributed by atoms with Gasteiger partial charge in [0.2, 0.25) is 5.88 Å². The molecular formula is C18H20N2O4. The zero-order chi connectivity index (χ0) is 17.9. The molecule has 0 saturated carbocycles. The highest BCUT2D eigenvalue weighted by Crippen LogP contribution is 2.22. The molecule has 126 valence electrons. The molecule has 0 fully saturated rings. The monoisotopic (exact) mass is 328 g/mol. The topological polar surface area (TPSA) is 88.5 Å². The summed E-state index contributed by atoms with van der Waals surface area (Å²) in [4.78, 5) is 27.6. The van der Waals surface area contributed by atoms with Crippen LogP contribution in [0.1, 0.15) is 45.7 Å². The molecule has 1 aromatic carbocycles. The number of nitrogens with one attached hydrogen (secondary N) is 1. The molecule has 0 spiro atoms. The van der Waals surface area contributed by atoms with E-state index < -0.39 is 5.97 Å². The Labute approximate surface area is 140 Å². The minimum atomic E-state index is -1.03. The Morgan fingerprint density at radius 3 is 2.42 bits per heavy atom. The van der Waals surface area contributed by atoms with Crippen molar-refractivity contribution in [2.45, 2.75) is 33.8 Å². The van der Waals surface area contributed by atoms with E-state index in [0.717, 1.165) is 5.56 Å². The summed E-state index contributed by atoms with van der Waals surface area (Å²) in [6.45, 7) is 7.32. The van der Waals surface area contributed by atoms with Crippen molar-refractivity contribution in [3.8, 4) is 5.88 Å². The largest absolute Gasteiger partial charge is 0.478 e. The fraction of sp³-hybridized carbons (Fsp3) is 0.278. The lowest BCUT2D eigenvalue weighted by Crippen LogP contribution is -2.14. The number of carboxylic acids is 1. The minimum Gasteiger partial charge on any atom is -0.478 e. The molecule has 0 aliphatic carbocycles. The number of carbonyl (C=O) groups is 2. The van der Waals surface area contributed by atoms with E-state index in [4.69, 9.17) is 4.74 Å². The van der Waals surface area contributed by atoms with Crippen molar-refractivity contribution in [2.75, 3.05) is 5.32 Å². The van der Waals surface area contributed by atoms with E-state index in [0.29, 0.717) is 22.7 Å². The first-order valence-corrected chi connectivity index (χ1v) is 7.56. The van der Waals surface area contributed by atoms with Crippen LogP contribution in [-0.2, 0) is 0 Å². The van der Waals surface area contributed by atoms with Gasteiger partial charge in [-0.25, -0.2) is 9.78 Å². The molecule has 6 heteroatoms. The van der Waals surface area contributed by atoms with Crippen LogP contribution in [0, 0.1) is 13.8 Å². The van der Waals surface area contributed by atoms with Gasteiger partial charge in [0, 0.05) is 18.0 Å². The Bertz CT molecular complexity index is 767. The summed E-state index contributed by atoms with van der Waals surface area (Å²) < 4.78 is 5.43. The SMILES string of the molecule is Cc1cc(C)c(C(=O)O)cc1NC(=O)c1ccc(OC(C)C)nc1. The number of aromatic nitrogens is 1. The first-order valence-electron chi connectivity index (χ1n) is 7.56. The summed E-state index contributed by atoms with van der Waals surface area (Å²) >= 11 is 0. The van der Waals surface area contributed by atoms with Gasteiger partial charge in [-0.3, -0.25) is 4.79 Å². The van der Waals surface area contributed by atoms with Crippen LogP contribution in [0.4, 0.5) is 5.69 Å². The molecule has 0 bridgehead atoms. The number of carbonyl (C=O) groups excluding carboxylic acids is 1. The zero-order valence-electron chi connectivity index (χ0n) is 14.1. The summed E-state index contributed by atoms with van der Waals surface area (Å²) in [7, 11) is 0. The summed E-state index contributed by atoms with van der Waals surface area (Å²) in [6, 6.07) is 6.44. The van der Waals surface area contributed by atoms with E-state index in [1.54, 1.807) is 25.1 Å². The van der Waals surface area contributed by atoms with E-state index in [-0.39, 0.29) is 17.6 Å². The second-order valence-corrected chi connectivity index (χ2v) is 5.79. The van der Waals surface area contributed by atoms with Crippen LogP contribution >= 0.6 is 0 Å². The number of carboxylic acid groups (broad SMARTS) is 1. The molecule has 0 aliphatic rings. The molecule has 2 aromatic rings. The van der Waals surface area contributed by atoms with E-state index >= 15 is 0 Å².